The van der Waals surface area contributed by atoms with Crippen LogP contribution in [-0.2, 0) is 14.3 Å². The normalized spacial score (nSPS) is 27.7. The zero-order valence-electron chi connectivity index (χ0n) is 9.28. The van der Waals surface area contributed by atoms with E-state index >= 15 is 0 Å². The fraction of sp³-hybridized carbons (Fsp3) is 0.909. The quantitative estimate of drug-likeness (QED) is 0.508. The van der Waals surface area contributed by atoms with Gasteiger partial charge < -0.3 is 14.4 Å². The van der Waals surface area contributed by atoms with Gasteiger partial charge in [-0.1, -0.05) is 0 Å². The summed E-state index contributed by atoms with van der Waals surface area (Å²) in [6.07, 6.45) is 2.33. The zero-order valence-corrected chi connectivity index (χ0v) is 9.28. The van der Waals surface area contributed by atoms with Crippen molar-refractivity contribution in [1.82, 2.24) is 4.90 Å². The molecule has 86 valence electrons. The smallest absolute Gasteiger partial charge is 0.309 e. The maximum absolute atomic E-state index is 11.5. The highest BCUT2D eigenvalue weighted by molar-refractivity contribution is 5.72. The van der Waals surface area contributed by atoms with Crippen LogP contribution in [0.1, 0.15) is 19.8 Å². The van der Waals surface area contributed by atoms with Crippen molar-refractivity contribution < 1.29 is 14.3 Å². The van der Waals surface area contributed by atoms with E-state index in [-0.39, 0.29) is 11.9 Å². The molecule has 15 heavy (non-hydrogen) atoms. The van der Waals surface area contributed by atoms with E-state index in [4.69, 9.17) is 9.47 Å². The van der Waals surface area contributed by atoms with E-state index < -0.39 is 0 Å². The van der Waals surface area contributed by atoms with Crippen molar-refractivity contribution in [2.75, 3.05) is 32.8 Å². The van der Waals surface area contributed by atoms with Crippen LogP contribution in [0, 0.1) is 5.92 Å². The predicted octanol–water partition coefficient (Wildman–Crippen LogP) is 0.660. The number of hydrogen-bond acceptors (Lipinski definition) is 4. The average molecular weight is 213 g/mol. The minimum absolute atomic E-state index is 0.0141. The lowest BCUT2D eigenvalue weighted by molar-refractivity contribution is -0.149. The van der Waals surface area contributed by atoms with Crippen molar-refractivity contribution in [3.8, 4) is 0 Å². The summed E-state index contributed by atoms with van der Waals surface area (Å²) in [7, 11) is 0. The van der Waals surface area contributed by atoms with Crippen molar-refractivity contribution in [2.24, 2.45) is 5.92 Å². The number of carbonyl (C=O) groups excluding carboxylic acids is 1. The Bertz CT molecular complexity index is 220. The monoisotopic (exact) mass is 213 g/mol. The van der Waals surface area contributed by atoms with Gasteiger partial charge in [0.2, 0.25) is 0 Å². The summed E-state index contributed by atoms with van der Waals surface area (Å²) in [6.45, 7) is 6.31. The molecule has 0 radical (unpaired) electrons. The summed E-state index contributed by atoms with van der Waals surface area (Å²) < 4.78 is 10.2. The number of hydrogen-bond donors (Lipinski definition) is 0. The summed E-state index contributed by atoms with van der Waals surface area (Å²) in [5, 5.41) is 0. The van der Waals surface area contributed by atoms with E-state index in [1.54, 1.807) is 0 Å². The van der Waals surface area contributed by atoms with Crippen LogP contribution in [0.3, 0.4) is 0 Å². The van der Waals surface area contributed by atoms with Crippen LogP contribution in [0.5, 0.6) is 0 Å². The predicted molar refractivity (Wildman–Crippen MR) is 55.5 cm³/mol. The van der Waals surface area contributed by atoms with Gasteiger partial charge in [-0.25, -0.2) is 0 Å². The summed E-state index contributed by atoms with van der Waals surface area (Å²) in [5.41, 5.74) is 0. The lowest BCUT2D eigenvalue weighted by Crippen LogP contribution is -2.38. The topological polar surface area (TPSA) is 42.1 Å². The summed E-state index contributed by atoms with van der Waals surface area (Å²) in [6, 6.07) is 0. The molecular weight excluding hydrogens is 194 g/mol. The van der Waals surface area contributed by atoms with Gasteiger partial charge in [0.25, 0.3) is 0 Å². The maximum Gasteiger partial charge on any atom is 0.309 e. The molecular formula is C11H19NO3. The molecule has 0 aromatic rings. The molecule has 0 N–H and O–H groups in total. The van der Waals surface area contributed by atoms with Gasteiger partial charge in [0, 0.05) is 6.54 Å². The highest BCUT2D eigenvalue weighted by Crippen LogP contribution is 2.20. The maximum atomic E-state index is 11.5. The minimum atomic E-state index is -0.0141. The number of nitrogens with zero attached hydrogens (tertiary/aromatic N) is 1. The second-order valence-corrected chi connectivity index (χ2v) is 4.28. The van der Waals surface area contributed by atoms with Gasteiger partial charge in [0.1, 0.15) is 0 Å². The average Bonchev–Trinajstić information content (AvgIpc) is 3.03. The number of ether oxygens (including phenoxy) is 2. The molecule has 0 spiro atoms. The zero-order chi connectivity index (χ0) is 10.7. The van der Waals surface area contributed by atoms with E-state index in [9.17, 15) is 4.79 Å². The molecule has 1 unspecified atom stereocenters. The highest BCUT2D eigenvalue weighted by Gasteiger charge is 2.30. The van der Waals surface area contributed by atoms with E-state index in [2.05, 4.69) is 4.90 Å². The van der Waals surface area contributed by atoms with Gasteiger partial charge in [0.15, 0.2) is 0 Å². The van der Waals surface area contributed by atoms with Crippen molar-refractivity contribution in [1.29, 1.82) is 0 Å². The summed E-state index contributed by atoms with van der Waals surface area (Å²) in [4.78, 5) is 13.9. The van der Waals surface area contributed by atoms with Crippen molar-refractivity contribution >= 4 is 5.97 Å². The van der Waals surface area contributed by atoms with Gasteiger partial charge in [-0.15, -0.1) is 0 Å². The van der Waals surface area contributed by atoms with Gasteiger partial charge in [-0.05, 0) is 32.9 Å². The Labute approximate surface area is 90.5 Å². The molecule has 0 aromatic carbocycles. The lowest BCUT2D eigenvalue weighted by atomic mass is 9.97. The van der Waals surface area contributed by atoms with Crippen molar-refractivity contribution in [2.45, 2.75) is 25.9 Å². The standard InChI is InChI=1S/C11H19NO3/c1-2-14-11(13)9-3-5-12(6-4-9)7-10-8-15-10/h9-10H,2-8H2,1H3. The van der Waals surface area contributed by atoms with E-state index in [1.165, 1.54) is 0 Å². The highest BCUT2D eigenvalue weighted by atomic mass is 16.6. The number of rotatable bonds is 4. The van der Waals surface area contributed by atoms with Crippen molar-refractivity contribution in [3.63, 3.8) is 0 Å². The fourth-order valence-electron chi connectivity index (χ4n) is 2.07. The Morgan fingerprint density at radius 3 is 2.67 bits per heavy atom. The summed E-state index contributed by atoms with van der Waals surface area (Å²) >= 11 is 0. The third kappa shape index (κ3) is 3.18. The molecule has 0 amide bonds. The van der Waals surface area contributed by atoms with Crippen LogP contribution < -0.4 is 0 Å². The van der Waals surface area contributed by atoms with E-state index in [0.717, 1.165) is 39.1 Å². The number of piperidine rings is 1. The number of esters is 1. The van der Waals surface area contributed by atoms with E-state index in [0.29, 0.717) is 12.7 Å². The Morgan fingerprint density at radius 2 is 2.13 bits per heavy atom. The third-order valence-corrected chi connectivity index (χ3v) is 3.07. The molecule has 0 bridgehead atoms. The minimum Gasteiger partial charge on any atom is -0.466 e. The SMILES string of the molecule is CCOC(=O)C1CCN(CC2CO2)CC1. The molecule has 2 heterocycles. The molecule has 2 fully saturated rings. The molecule has 1 atom stereocenters. The molecule has 0 aliphatic carbocycles. The number of carbonyl (C=O) groups is 1. The summed E-state index contributed by atoms with van der Waals surface area (Å²) in [5.74, 6) is 0.112. The van der Waals surface area contributed by atoms with Crippen LogP contribution in [-0.4, -0.2) is 49.8 Å². The largest absolute Gasteiger partial charge is 0.466 e. The molecule has 4 heteroatoms. The molecule has 4 nitrogen and oxygen atoms in total. The molecule has 2 aliphatic heterocycles. The second-order valence-electron chi connectivity index (χ2n) is 4.28. The number of likely N-dealkylation sites (tertiary alicyclic amines) is 1. The van der Waals surface area contributed by atoms with Crippen LogP contribution in [0.4, 0.5) is 0 Å². The lowest BCUT2D eigenvalue weighted by Gasteiger charge is -2.30. The molecule has 0 saturated carbocycles. The first kappa shape index (κ1) is 10.9. The fourth-order valence-corrected chi connectivity index (χ4v) is 2.07. The first-order valence-electron chi connectivity index (χ1n) is 5.80. The third-order valence-electron chi connectivity index (χ3n) is 3.07. The molecule has 2 aliphatic rings. The van der Waals surface area contributed by atoms with Gasteiger partial charge in [-0.3, -0.25) is 4.79 Å². The Morgan fingerprint density at radius 1 is 1.47 bits per heavy atom. The van der Waals surface area contributed by atoms with Crippen molar-refractivity contribution in [3.05, 3.63) is 0 Å². The Kier molecular flexibility index (Phi) is 3.59. The first-order valence-corrected chi connectivity index (χ1v) is 5.80. The Hall–Kier alpha value is -0.610. The molecule has 2 rings (SSSR count). The van der Waals surface area contributed by atoms with Gasteiger partial charge in [-0.2, -0.15) is 0 Å². The van der Waals surface area contributed by atoms with Crippen LogP contribution in [0.15, 0.2) is 0 Å². The van der Waals surface area contributed by atoms with Crippen LogP contribution >= 0.6 is 0 Å². The van der Waals surface area contributed by atoms with Gasteiger partial charge in [0.05, 0.1) is 25.2 Å². The first-order chi connectivity index (χ1) is 7.29. The van der Waals surface area contributed by atoms with E-state index in [1.807, 2.05) is 6.92 Å². The van der Waals surface area contributed by atoms with Crippen LogP contribution in [0.25, 0.3) is 0 Å². The van der Waals surface area contributed by atoms with Gasteiger partial charge >= 0.3 is 5.97 Å². The second kappa shape index (κ2) is 4.94. The Balaban J connectivity index is 1.68. The molecule has 2 saturated heterocycles. The van der Waals surface area contributed by atoms with Crippen LogP contribution in [0.2, 0.25) is 0 Å². The molecule has 0 aromatic heterocycles. The number of epoxide rings is 1.